The third-order valence-corrected chi connectivity index (χ3v) is 3.64. The molecule has 4 nitrogen and oxygen atoms in total. The fourth-order valence-corrected chi connectivity index (χ4v) is 2.55. The Bertz CT molecular complexity index is 749. The molecule has 0 N–H and O–H groups in total. The number of hydrogen-bond acceptors (Lipinski definition) is 4. The van der Waals surface area contributed by atoms with Gasteiger partial charge < -0.3 is 4.74 Å². The number of thiazole rings is 1. The van der Waals surface area contributed by atoms with Crippen molar-refractivity contribution in [2.45, 2.75) is 6.61 Å². The van der Waals surface area contributed by atoms with E-state index in [1.54, 1.807) is 29.5 Å². The molecule has 0 unspecified atom stereocenters. The fraction of sp³-hybridized carbons (Fsp3) is 0.143. The highest BCUT2D eigenvalue weighted by Crippen LogP contribution is 2.27. The summed E-state index contributed by atoms with van der Waals surface area (Å²) in [5.41, 5.74) is 0.168. The Hall–Kier alpha value is -2.28. The van der Waals surface area contributed by atoms with Gasteiger partial charge in [0.1, 0.15) is 23.2 Å². The van der Waals surface area contributed by atoms with Crippen LogP contribution >= 0.6 is 11.3 Å². The third kappa shape index (κ3) is 2.92. The minimum Gasteiger partial charge on any atom is -0.483 e. The van der Waals surface area contributed by atoms with Crippen LogP contribution in [0.25, 0.3) is 11.3 Å². The van der Waals surface area contributed by atoms with E-state index in [2.05, 4.69) is 10.1 Å². The molecule has 0 amide bonds. The lowest BCUT2D eigenvalue weighted by Crippen LogP contribution is -1.95. The summed E-state index contributed by atoms with van der Waals surface area (Å²) < 4.78 is 34.5. The van der Waals surface area contributed by atoms with Gasteiger partial charge in [0.25, 0.3) is 0 Å². The minimum atomic E-state index is -0.625. The molecule has 0 saturated carbocycles. The summed E-state index contributed by atoms with van der Waals surface area (Å²) in [6.45, 7) is 0.229. The minimum absolute atomic E-state index is 0.110. The Labute approximate surface area is 123 Å². The highest BCUT2D eigenvalue weighted by Gasteiger charge is 2.14. The lowest BCUT2D eigenvalue weighted by Gasteiger charge is -2.01. The number of nitrogens with zero attached hydrogens (tertiary/aromatic N) is 3. The molecule has 2 aromatic heterocycles. The van der Waals surface area contributed by atoms with E-state index in [4.69, 9.17) is 4.74 Å². The number of aromatic nitrogens is 3. The second kappa shape index (κ2) is 5.61. The Morgan fingerprint density at radius 1 is 1.29 bits per heavy atom. The van der Waals surface area contributed by atoms with Crippen LogP contribution in [0.5, 0.6) is 5.75 Å². The van der Waals surface area contributed by atoms with Crippen LogP contribution in [-0.4, -0.2) is 14.8 Å². The van der Waals surface area contributed by atoms with Crippen LogP contribution in [-0.2, 0) is 13.7 Å². The van der Waals surface area contributed by atoms with Gasteiger partial charge in [0.2, 0.25) is 0 Å². The van der Waals surface area contributed by atoms with E-state index < -0.39 is 11.6 Å². The molecule has 0 bridgehead atoms. The maximum atomic E-state index is 13.7. The van der Waals surface area contributed by atoms with Gasteiger partial charge in [0.05, 0.1) is 23.7 Å². The van der Waals surface area contributed by atoms with E-state index in [0.29, 0.717) is 10.8 Å². The number of halogens is 2. The van der Waals surface area contributed by atoms with E-state index in [0.717, 1.165) is 0 Å². The largest absolute Gasteiger partial charge is 0.483 e. The van der Waals surface area contributed by atoms with Crippen LogP contribution in [0, 0.1) is 11.6 Å². The first kappa shape index (κ1) is 13.7. The Balaban J connectivity index is 1.77. The number of aryl methyl sites for hydroxylation is 1. The van der Waals surface area contributed by atoms with Crippen LogP contribution < -0.4 is 4.74 Å². The number of hydrogen-bond donors (Lipinski definition) is 0. The third-order valence-electron chi connectivity index (χ3n) is 2.81. The average Bonchev–Trinajstić information content (AvgIpc) is 3.06. The molecule has 1 aromatic carbocycles. The zero-order valence-electron chi connectivity index (χ0n) is 11.1. The molecule has 7 heteroatoms. The van der Waals surface area contributed by atoms with Gasteiger partial charge in [-0.05, 0) is 12.1 Å². The van der Waals surface area contributed by atoms with Crippen molar-refractivity contribution in [3.8, 4) is 17.0 Å². The normalized spacial score (nSPS) is 10.8. The molecule has 0 saturated heterocycles. The molecule has 0 atom stereocenters. The molecule has 108 valence electrons. The van der Waals surface area contributed by atoms with Crippen LogP contribution in [0.2, 0.25) is 0 Å². The zero-order chi connectivity index (χ0) is 14.8. The van der Waals surface area contributed by atoms with Crippen LogP contribution in [0.1, 0.15) is 5.01 Å². The molecular formula is C14H11F2N3OS. The molecule has 0 spiro atoms. The van der Waals surface area contributed by atoms with Gasteiger partial charge in [-0.1, -0.05) is 6.07 Å². The van der Waals surface area contributed by atoms with Crippen molar-refractivity contribution in [1.29, 1.82) is 0 Å². The summed E-state index contributed by atoms with van der Waals surface area (Å²) >= 11 is 1.29. The van der Waals surface area contributed by atoms with Gasteiger partial charge in [-0.3, -0.25) is 4.68 Å². The van der Waals surface area contributed by atoms with Gasteiger partial charge >= 0.3 is 0 Å². The second-order valence-electron chi connectivity index (χ2n) is 4.36. The van der Waals surface area contributed by atoms with Gasteiger partial charge in [0.15, 0.2) is 5.75 Å². The predicted octanol–water partition coefficient (Wildman–Crippen LogP) is 3.40. The highest BCUT2D eigenvalue weighted by atomic mass is 32.1. The van der Waals surface area contributed by atoms with Crippen molar-refractivity contribution in [1.82, 2.24) is 14.8 Å². The SMILES string of the molecule is Cn1cc(OCc2nc(-c3c(F)cccc3F)cs2)cn1. The second-order valence-corrected chi connectivity index (χ2v) is 5.30. The number of rotatable bonds is 4. The first-order valence-corrected chi connectivity index (χ1v) is 7.01. The summed E-state index contributed by atoms with van der Waals surface area (Å²) in [4.78, 5) is 4.21. The Morgan fingerprint density at radius 2 is 2.05 bits per heavy atom. The lowest BCUT2D eigenvalue weighted by atomic mass is 10.1. The highest BCUT2D eigenvalue weighted by molar-refractivity contribution is 7.09. The standard InChI is InChI=1S/C14H11F2N3OS/c1-19-6-9(5-17-19)20-7-13-18-12(8-21-13)14-10(15)3-2-4-11(14)16/h2-6,8H,7H2,1H3. The van der Waals surface area contributed by atoms with E-state index in [1.165, 1.54) is 29.5 Å². The van der Waals surface area contributed by atoms with Crippen molar-refractivity contribution in [2.24, 2.45) is 7.05 Å². The molecule has 0 aliphatic heterocycles. The van der Waals surface area contributed by atoms with Crippen molar-refractivity contribution >= 4 is 11.3 Å². The zero-order valence-corrected chi connectivity index (χ0v) is 11.9. The molecular weight excluding hydrogens is 296 g/mol. The van der Waals surface area contributed by atoms with Crippen molar-refractivity contribution in [3.63, 3.8) is 0 Å². The maximum Gasteiger partial charge on any atom is 0.157 e. The van der Waals surface area contributed by atoms with E-state index in [9.17, 15) is 8.78 Å². The van der Waals surface area contributed by atoms with Gasteiger partial charge in [-0.25, -0.2) is 13.8 Å². The topological polar surface area (TPSA) is 39.9 Å². The molecule has 2 heterocycles. The molecule has 0 fully saturated rings. The van der Waals surface area contributed by atoms with Gasteiger partial charge in [-0.2, -0.15) is 5.10 Å². The first-order chi connectivity index (χ1) is 10.1. The molecule has 3 rings (SSSR count). The lowest BCUT2D eigenvalue weighted by molar-refractivity contribution is 0.305. The predicted molar refractivity (Wildman–Crippen MR) is 75.0 cm³/mol. The molecule has 0 aliphatic carbocycles. The maximum absolute atomic E-state index is 13.7. The number of benzene rings is 1. The van der Waals surface area contributed by atoms with Crippen LogP contribution in [0.4, 0.5) is 8.78 Å². The number of ether oxygens (including phenoxy) is 1. The van der Waals surface area contributed by atoms with Crippen molar-refractivity contribution in [3.05, 3.63) is 52.6 Å². The van der Waals surface area contributed by atoms with Gasteiger partial charge in [0, 0.05) is 12.4 Å². The average molecular weight is 307 g/mol. The smallest absolute Gasteiger partial charge is 0.157 e. The van der Waals surface area contributed by atoms with Crippen LogP contribution in [0.15, 0.2) is 36.0 Å². The summed E-state index contributed by atoms with van der Waals surface area (Å²) in [5, 5.41) is 6.23. The van der Waals surface area contributed by atoms with Crippen molar-refractivity contribution in [2.75, 3.05) is 0 Å². The molecule has 0 radical (unpaired) electrons. The Kier molecular flexibility index (Phi) is 3.66. The van der Waals surface area contributed by atoms with E-state index in [1.807, 2.05) is 0 Å². The first-order valence-electron chi connectivity index (χ1n) is 6.14. The summed E-state index contributed by atoms with van der Waals surface area (Å²) in [6.07, 6.45) is 3.32. The van der Waals surface area contributed by atoms with Crippen LogP contribution in [0.3, 0.4) is 0 Å². The summed E-state index contributed by atoms with van der Waals surface area (Å²) in [6, 6.07) is 3.75. The van der Waals surface area contributed by atoms with E-state index in [-0.39, 0.29) is 17.9 Å². The Morgan fingerprint density at radius 3 is 2.71 bits per heavy atom. The summed E-state index contributed by atoms with van der Waals surface area (Å²) in [7, 11) is 1.79. The molecule has 3 aromatic rings. The summed E-state index contributed by atoms with van der Waals surface area (Å²) in [5.74, 6) is -0.633. The van der Waals surface area contributed by atoms with E-state index >= 15 is 0 Å². The quantitative estimate of drug-likeness (QED) is 0.741. The fourth-order valence-electron chi connectivity index (χ4n) is 1.85. The monoisotopic (exact) mass is 307 g/mol. The van der Waals surface area contributed by atoms with Gasteiger partial charge in [-0.15, -0.1) is 11.3 Å². The molecule has 0 aliphatic rings. The molecule has 21 heavy (non-hydrogen) atoms. The van der Waals surface area contributed by atoms with Crippen molar-refractivity contribution < 1.29 is 13.5 Å².